The van der Waals surface area contributed by atoms with Gasteiger partial charge in [0.1, 0.15) is 5.82 Å². The van der Waals surface area contributed by atoms with Gasteiger partial charge in [0.15, 0.2) is 0 Å². The smallest absolute Gasteiger partial charge is 0.127 e. The normalized spacial score (nSPS) is 18.4. The van der Waals surface area contributed by atoms with Gasteiger partial charge in [0.2, 0.25) is 0 Å². The molecule has 1 aliphatic rings. The molecule has 0 amide bonds. The zero-order chi connectivity index (χ0) is 13.9. The zero-order valence-corrected chi connectivity index (χ0v) is 11.7. The number of nitrogens with zero attached hydrogens (tertiary/aromatic N) is 2. The van der Waals surface area contributed by atoms with Gasteiger partial charge in [-0.3, -0.25) is 4.90 Å². The Morgan fingerprint density at radius 3 is 2.68 bits per heavy atom. The highest BCUT2D eigenvalue weighted by Crippen LogP contribution is 2.37. The van der Waals surface area contributed by atoms with Gasteiger partial charge in [0.05, 0.1) is 11.6 Å². The minimum atomic E-state index is -0.204. The minimum Gasteiger partial charge on any atom is -0.298 e. The van der Waals surface area contributed by atoms with Crippen molar-refractivity contribution in [2.45, 2.75) is 39.7 Å². The summed E-state index contributed by atoms with van der Waals surface area (Å²) < 4.78 is 13.8. The van der Waals surface area contributed by atoms with Crippen LogP contribution in [0.4, 0.5) is 4.39 Å². The van der Waals surface area contributed by atoms with Crippen LogP contribution in [-0.2, 0) is 6.54 Å². The van der Waals surface area contributed by atoms with Gasteiger partial charge in [0.25, 0.3) is 0 Å². The van der Waals surface area contributed by atoms with Gasteiger partial charge in [-0.1, -0.05) is 13.8 Å². The van der Waals surface area contributed by atoms with Crippen LogP contribution < -0.4 is 0 Å². The molecule has 0 bridgehead atoms. The summed E-state index contributed by atoms with van der Waals surface area (Å²) in [5, 5.41) is 8.89. The zero-order valence-electron chi connectivity index (χ0n) is 11.7. The van der Waals surface area contributed by atoms with Gasteiger partial charge in [0, 0.05) is 18.7 Å². The molecule has 0 N–H and O–H groups in total. The fraction of sp³-hybridized carbons (Fsp3) is 0.562. The first-order chi connectivity index (χ1) is 9.12. The molecule has 0 aromatic heterocycles. The summed E-state index contributed by atoms with van der Waals surface area (Å²) >= 11 is 0. The van der Waals surface area contributed by atoms with Crippen LogP contribution in [0, 0.1) is 22.6 Å². The molecule has 102 valence electrons. The fourth-order valence-corrected chi connectivity index (χ4v) is 3.00. The summed E-state index contributed by atoms with van der Waals surface area (Å²) in [6, 6.07) is 6.68. The minimum absolute atomic E-state index is 0.204. The second-order valence-electron chi connectivity index (χ2n) is 5.59. The fourth-order valence-electron chi connectivity index (χ4n) is 3.00. The molecule has 1 aliphatic heterocycles. The lowest BCUT2D eigenvalue weighted by molar-refractivity contribution is 0.234. The Hall–Kier alpha value is -1.40. The summed E-state index contributed by atoms with van der Waals surface area (Å²) in [6.07, 6.45) is 3.56. The largest absolute Gasteiger partial charge is 0.298 e. The maximum Gasteiger partial charge on any atom is 0.127 e. The number of likely N-dealkylation sites (tertiary alicyclic amines) is 1. The Morgan fingerprint density at radius 1 is 1.37 bits per heavy atom. The van der Waals surface area contributed by atoms with Crippen molar-refractivity contribution in [1.29, 1.82) is 5.26 Å². The molecule has 1 heterocycles. The Kier molecular flexibility index (Phi) is 4.21. The topological polar surface area (TPSA) is 27.0 Å². The van der Waals surface area contributed by atoms with Crippen LogP contribution in [0.3, 0.4) is 0 Å². The van der Waals surface area contributed by atoms with Crippen molar-refractivity contribution in [3.05, 3.63) is 35.1 Å². The Labute approximate surface area is 114 Å². The van der Waals surface area contributed by atoms with E-state index in [2.05, 4.69) is 24.8 Å². The van der Waals surface area contributed by atoms with Crippen LogP contribution >= 0.6 is 0 Å². The van der Waals surface area contributed by atoms with Gasteiger partial charge < -0.3 is 0 Å². The third-order valence-electron chi connectivity index (χ3n) is 4.59. The van der Waals surface area contributed by atoms with E-state index in [-0.39, 0.29) is 5.82 Å². The summed E-state index contributed by atoms with van der Waals surface area (Å²) in [5.74, 6) is -0.204. The second kappa shape index (κ2) is 5.71. The van der Waals surface area contributed by atoms with Crippen LogP contribution in [0.2, 0.25) is 0 Å². The first-order valence-electron chi connectivity index (χ1n) is 7.03. The number of nitriles is 1. The van der Waals surface area contributed by atoms with Gasteiger partial charge in [-0.2, -0.15) is 5.26 Å². The Balaban J connectivity index is 2.09. The van der Waals surface area contributed by atoms with E-state index in [1.54, 1.807) is 6.07 Å². The average molecular weight is 260 g/mol. The molecule has 0 spiro atoms. The van der Waals surface area contributed by atoms with Crippen LogP contribution in [0.15, 0.2) is 18.2 Å². The summed E-state index contributed by atoms with van der Waals surface area (Å²) in [7, 11) is 0. The van der Waals surface area contributed by atoms with Gasteiger partial charge in [-0.25, -0.2) is 4.39 Å². The third kappa shape index (κ3) is 2.96. The van der Waals surface area contributed by atoms with Crippen molar-refractivity contribution in [2.24, 2.45) is 5.41 Å². The third-order valence-corrected chi connectivity index (χ3v) is 4.59. The number of hydrogen-bond acceptors (Lipinski definition) is 2. The van der Waals surface area contributed by atoms with Crippen molar-refractivity contribution in [3.8, 4) is 6.07 Å². The summed E-state index contributed by atoms with van der Waals surface area (Å²) in [4.78, 5) is 2.31. The molecule has 1 fully saturated rings. The molecule has 2 rings (SSSR count). The average Bonchev–Trinajstić information content (AvgIpc) is 2.85. The molecule has 2 nitrogen and oxygen atoms in total. The Bertz CT molecular complexity index is 486. The van der Waals surface area contributed by atoms with Crippen molar-refractivity contribution in [1.82, 2.24) is 4.90 Å². The lowest BCUT2D eigenvalue weighted by atomic mass is 9.82. The predicted octanol–water partition coefficient (Wildman–Crippen LogP) is 3.71. The van der Waals surface area contributed by atoms with E-state index in [4.69, 9.17) is 5.26 Å². The molecule has 1 aromatic carbocycles. The molecular weight excluding hydrogens is 239 g/mol. The number of halogens is 1. The molecular formula is C16H21FN2. The van der Waals surface area contributed by atoms with Crippen molar-refractivity contribution < 1.29 is 4.39 Å². The quantitative estimate of drug-likeness (QED) is 0.825. The van der Waals surface area contributed by atoms with E-state index in [9.17, 15) is 4.39 Å². The Morgan fingerprint density at radius 2 is 2.11 bits per heavy atom. The van der Waals surface area contributed by atoms with E-state index in [0.717, 1.165) is 13.1 Å². The van der Waals surface area contributed by atoms with Gasteiger partial charge in [-0.05, 0) is 49.4 Å². The summed E-state index contributed by atoms with van der Waals surface area (Å²) in [5.41, 5.74) is 1.58. The predicted molar refractivity (Wildman–Crippen MR) is 74.0 cm³/mol. The van der Waals surface area contributed by atoms with Gasteiger partial charge >= 0.3 is 0 Å². The standard InChI is InChI=1S/C16H21FN2/c1-3-16(4-2)7-8-19(12-16)11-14-9-13(10-18)5-6-15(14)17/h5-6,9H,3-4,7-8,11-12H2,1-2H3. The van der Waals surface area contributed by atoms with Gasteiger partial charge in [-0.15, -0.1) is 0 Å². The molecule has 0 unspecified atom stereocenters. The molecule has 1 aromatic rings. The number of hydrogen-bond donors (Lipinski definition) is 0. The lowest BCUT2D eigenvalue weighted by Crippen LogP contribution is -2.26. The highest BCUT2D eigenvalue weighted by atomic mass is 19.1. The van der Waals surface area contributed by atoms with Crippen LogP contribution in [0.25, 0.3) is 0 Å². The monoisotopic (exact) mass is 260 g/mol. The summed E-state index contributed by atoms with van der Waals surface area (Å²) in [6.45, 7) is 7.16. The second-order valence-corrected chi connectivity index (χ2v) is 5.59. The van der Waals surface area contributed by atoms with Crippen LogP contribution in [0.1, 0.15) is 44.2 Å². The SMILES string of the molecule is CCC1(CC)CCN(Cc2cc(C#N)ccc2F)C1. The highest BCUT2D eigenvalue weighted by Gasteiger charge is 2.34. The van der Waals surface area contributed by atoms with Crippen molar-refractivity contribution in [2.75, 3.05) is 13.1 Å². The maximum atomic E-state index is 13.8. The van der Waals surface area contributed by atoms with Crippen molar-refractivity contribution in [3.63, 3.8) is 0 Å². The maximum absolute atomic E-state index is 13.8. The lowest BCUT2D eigenvalue weighted by Gasteiger charge is -2.26. The molecule has 0 atom stereocenters. The highest BCUT2D eigenvalue weighted by molar-refractivity contribution is 5.33. The van der Waals surface area contributed by atoms with Crippen LogP contribution in [0.5, 0.6) is 0 Å². The first kappa shape index (κ1) is 14.0. The van der Waals surface area contributed by atoms with E-state index in [1.807, 2.05) is 0 Å². The first-order valence-corrected chi connectivity index (χ1v) is 7.03. The molecule has 19 heavy (non-hydrogen) atoms. The van der Waals surface area contributed by atoms with E-state index < -0.39 is 0 Å². The number of rotatable bonds is 4. The molecule has 1 saturated heterocycles. The molecule has 0 radical (unpaired) electrons. The van der Waals surface area contributed by atoms with Crippen molar-refractivity contribution >= 4 is 0 Å². The molecule has 0 saturated carbocycles. The molecule has 3 heteroatoms. The van der Waals surface area contributed by atoms with E-state index >= 15 is 0 Å². The number of benzene rings is 1. The van der Waals surface area contributed by atoms with E-state index in [1.165, 1.54) is 31.4 Å². The van der Waals surface area contributed by atoms with Crippen LogP contribution in [-0.4, -0.2) is 18.0 Å². The van der Waals surface area contributed by atoms with E-state index in [0.29, 0.717) is 23.1 Å². The molecule has 0 aliphatic carbocycles.